The summed E-state index contributed by atoms with van der Waals surface area (Å²) in [5, 5.41) is 2.93. The molecule has 0 aliphatic carbocycles. The molecular formula is C19H23NO4. The average molecular weight is 329 g/mol. The molecule has 0 spiro atoms. The molecular weight excluding hydrogens is 306 g/mol. The summed E-state index contributed by atoms with van der Waals surface area (Å²) in [6, 6.07) is 13.3. The van der Waals surface area contributed by atoms with Crippen LogP contribution in [0.3, 0.4) is 0 Å². The molecule has 5 heteroatoms. The van der Waals surface area contributed by atoms with Gasteiger partial charge in [-0.1, -0.05) is 18.2 Å². The Balaban J connectivity index is 1.82. The number of ether oxygens (including phenoxy) is 3. The van der Waals surface area contributed by atoms with Crippen molar-refractivity contribution < 1.29 is 19.0 Å². The minimum absolute atomic E-state index is 0.0178. The van der Waals surface area contributed by atoms with E-state index < -0.39 is 0 Å². The van der Waals surface area contributed by atoms with Gasteiger partial charge in [-0.15, -0.1) is 0 Å². The maximum atomic E-state index is 12.1. The number of benzene rings is 2. The number of nitrogens with one attached hydrogen (secondary N) is 1. The third-order valence-electron chi connectivity index (χ3n) is 3.71. The average Bonchev–Trinajstić information content (AvgIpc) is 2.62. The van der Waals surface area contributed by atoms with Gasteiger partial charge < -0.3 is 19.5 Å². The van der Waals surface area contributed by atoms with E-state index in [2.05, 4.69) is 5.32 Å². The number of carbonyl (C=O) groups excluding carboxylic acids is 1. The molecule has 24 heavy (non-hydrogen) atoms. The number of carbonyl (C=O) groups is 1. The maximum absolute atomic E-state index is 12.1. The number of hydrogen-bond donors (Lipinski definition) is 1. The molecule has 0 fully saturated rings. The van der Waals surface area contributed by atoms with Gasteiger partial charge in [-0.2, -0.15) is 0 Å². The van der Waals surface area contributed by atoms with Crippen LogP contribution in [0.1, 0.15) is 11.1 Å². The summed E-state index contributed by atoms with van der Waals surface area (Å²) in [6.45, 7) is 0.596. The molecule has 2 aromatic carbocycles. The number of amides is 1. The third kappa shape index (κ3) is 4.91. The zero-order valence-corrected chi connectivity index (χ0v) is 14.3. The van der Waals surface area contributed by atoms with Gasteiger partial charge in [0.2, 0.25) is 5.91 Å². The lowest BCUT2D eigenvalue weighted by Crippen LogP contribution is -2.27. The lowest BCUT2D eigenvalue weighted by Gasteiger charge is -2.10. The van der Waals surface area contributed by atoms with Crippen LogP contribution in [0.15, 0.2) is 42.5 Å². The molecule has 5 nitrogen and oxygen atoms in total. The molecule has 0 atom stereocenters. The molecule has 0 saturated heterocycles. The Labute approximate surface area is 142 Å². The Morgan fingerprint density at radius 3 is 2.17 bits per heavy atom. The third-order valence-corrected chi connectivity index (χ3v) is 3.71. The fourth-order valence-corrected chi connectivity index (χ4v) is 2.38. The highest BCUT2D eigenvalue weighted by Gasteiger charge is 2.08. The zero-order valence-electron chi connectivity index (χ0n) is 14.3. The second-order valence-electron chi connectivity index (χ2n) is 5.31. The Hall–Kier alpha value is -2.69. The van der Waals surface area contributed by atoms with Crippen LogP contribution >= 0.6 is 0 Å². The van der Waals surface area contributed by atoms with Crippen molar-refractivity contribution in [2.75, 3.05) is 27.9 Å². The number of methoxy groups -OCH3 is 3. The van der Waals surface area contributed by atoms with Gasteiger partial charge in [0.1, 0.15) is 5.75 Å². The zero-order chi connectivity index (χ0) is 17.4. The molecule has 2 aromatic rings. The molecule has 1 amide bonds. The minimum Gasteiger partial charge on any atom is -0.497 e. The predicted molar refractivity (Wildman–Crippen MR) is 93.0 cm³/mol. The fourth-order valence-electron chi connectivity index (χ4n) is 2.38. The first-order chi connectivity index (χ1) is 11.7. The summed E-state index contributed by atoms with van der Waals surface area (Å²) in [5.41, 5.74) is 2.04. The first-order valence-electron chi connectivity index (χ1n) is 7.76. The topological polar surface area (TPSA) is 56.8 Å². The lowest BCUT2D eigenvalue weighted by atomic mass is 10.1. The van der Waals surface area contributed by atoms with E-state index in [1.165, 1.54) is 0 Å². The monoisotopic (exact) mass is 329 g/mol. The van der Waals surface area contributed by atoms with Gasteiger partial charge in [-0.3, -0.25) is 4.79 Å². The standard InChI is InChI=1S/C19H23NO4/c1-22-16-7-4-14(5-8-16)10-11-20-19(21)13-15-6-9-17(23-2)18(12-15)24-3/h4-9,12H,10-11,13H2,1-3H3,(H,20,21). The van der Waals surface area contributed by atoms with Gasteiger partial charge in [0.25, 0.3) is 0 Å². The highest BCUT2D eigenvalue weighted by atomic mass is 16.5. The lowest BCUT2D eigenvalue weighted by molar-refractivity contribution is -0.120. The van der Waals surface area contributed by atoms with E-state index in [0.29, 0.717) is 24.5 Å². The number of rotatable bonds is 8. The van der Waals surface area contributed by atoms with E-state index in [9.17, 15) is 4.79 Å². The van der Waals surface area contributed by atoms with E-state index in [1.807, 2.05) is 36.4 Å². The van der Waals surface area contributed by atoms with E-state index in [0.717, 1.165) is 23.3 Å². The number of hydrogen-bond acceptors (Lipinski definition) is 4. The Kier molecular flexibility index (Phi) is 6.49. The van der Waals surface area contributed by atoms with Gasteiger partial charge in [-0.05, 0) is 41.8 Å². The summed E-state index contributed by atoms with van der Waals surface area (Å²) in [7, 11) is 4.81. The molecule has 0 aliphatic rings. The highest BCUT2D eigenvalue weighted by molar-refractivity contribution is 5.78. The molecule has 0 aromatic heterocycles. The minimum atomic E-state index is -0.0178. The molecule has 1 N–H and O–H groups in total. The van der Waals surface area contributed by atoms with Crippen molar-refractivity contribution in [2.24, 2.45) is 0 Å². The SMILES string of the molecule is COc1ccc(CCNC(=O)Cc2ccc(OC)c(OC)c2)cc1. The van der Waals surface area contributed by atoms with Crippen LogP contribution in [0.2, 0.25) is 0 Å². The van der Waals surface area contributed by atoms with Crippen LogP contribution < -0.4 is 19.5 Å². The Bertz CT molecular complexity index is 668. The summed E-state index contributed by atoms with van der Waals surface area (Å²) in [4.78, 5) is 12.1. The molecule has 128 valence electrons. The van der Waals surface area contributed by atoms with Crippen LogP contribution in [0, 0.1) is 0 Å². The van der Waals surface area contributed by atoms with E-state index in [4.69, 9.17) is 14.2 Å². The molecule has 0 bridgehead atoms. The van der Waals surface area contributed by atoms with Crippen LogP contribution in [0.4, 0.5) is 0 Å². The van der Waals surface area contributed by atoms with Crippen LogP contribution in [0.25, 0.3) is 0 Å². The van der Waals surface area contributed by atoms with E-state index >= 15 is 0 Å². The summed E-state index contributed by atoms with van der Waals surface area (Å²) < 4.78 is 15.6. The van der Waals surface area contributed by atoms with Gasteiger partial charge in [0.05, 0.1) is 27.8 Å². The van der Waals surface area contributed by atoms with E-state index in [1.54, 1.807) is 27.4 Å². The Morgan fingerprint density at radius 1 is 0.875 bits per heavy atom. The van der Waals surface area contributed by atoms with Crippen molar-refractivity contribution in [1.82, 2.24) is 5.32 Å². The van der Waals surface area contributed by atoms with Crippen LogP contribution in [-0.2, 0) is 17.6 Å². The molecule has 0 aliphatic heterocycles. The molecule has 0 heterocycles. The first kappa shape index (κ1) is 17.7. The maximum Gasteiger partial charge on any atom is 0.224 e. The second-order valence-corrected chi connectivity index (χ2v) is 5.31. The van der Waals surface area contributed by atoms with Gasteiger partial charge in [0.15, 0.2) is 11.5 Å². The molecule has 2 rings (SSSR count). The first-order valence-corrected chi connectivity index (χ1v) is 7.76. The van der Waals surface area contributed by atoms with Gasteiger partial charge in [-0.25, -0.2) is 0 Å². The molecule has 0 radical (unpaired) electrons. The van der Waals surface area contributed by atoms with Crippen molar-refractivity contribution in [2.45, 2.75) is 12.8 Å². The smallest absolute Gasteiger partial charge is 0.224 e. The predicted octanol–water partition coefficient (Wildman–Crippen LogP) is 2.61. The highest BCUT2D eigenvalue weighted by Crippen LogP contribution is 2.27. The van der Waals surface area contributed by atoms with E-state index in [-0.39, 0.29) is 5.91 Å². The van der Waals surface area contributed by atoms with Crippen molar-refractivity contribution in [3.05, 3.63) is 53.6 Å². The normalized spacial score (nSPS) is 10.1. The molecule has 0 unspecified atom stereocenters. The van der Waals surface area contributed by atoms with Gasteiger partial charge in [0, 0.05) is 6.54 Å². The van der Waals surface area contributed by atoms with Crippen molar-refractivity contribution in [3.8, 4) is 17.2 Å². The summed E-state index contributed by atoms with van der Waals surface area (Å²) in [5.74, 6) is 2.09. The Morgan fingerprint density at radius 2 is 1.54 bits per heavy atom. The van der Waals surface area contributed by atoms with Crippen molar-refractivity contribution in [1.29, 1.82) is 0 Å². The van der Waals surface area contributed by atoms with Crippen molar-refractivity contribution in [3.63, 3.8) is 0 Å². The summed E-state index contributed by atoms with van der Waals surface area (Å²) >= 11 is 0. The fraction of sp³-hybridized carbons (Fsp3) is 0.316. The second kappa shape index (κ2) is 8.82. The summed E-state index contributed by atoms with van der Waals surface area (Å²) in [6.07, 6.45) is 1.09. The van der Waals surface area contributed by atoms with Crippen molar-refractivity contribution >= 4 is 5.91 Å². The van der Waals surface area contributed by atoms with Gasteiger partial charge >= 0.3 is 0 Å². The molecule has 0 saturated carbocycles. The quantitative estimate of drug-likeness (QED) is 0.809. The van der Waals surface area contributed by atoms with Crippen LogP contribution in [-0.4, -0.2) is 33.8 Å². The largest absolute Gasteiger partial charge is 0.497 e. The van der Waals surface area contributed by atoms with Crippen LogP contribution in [0.5, 0.6) is 17.2 Å².